The quantitative estimate of drug-likeness (QED) is 0.623. The fourth-order valence-corrected chi connectivity index (χ4v) is 5.35. The highest BCUT2D eigenvalue weighted by atomic mass is 79.9. The molecule has 1 amide bonds. The molecule has 2 aromatic carbocycles. The monoisotopic (exact) mass is 486 g/mol. The number of halogens is 2. The maximum absolute atomic E-state index is 13.0. The van der Waals surface area contributed by atoms with Crippen molar-refractivity contribution in [3.63, 3.8) is 0 Å². The molecule has 0 N–H and O–H groups in total. The zero-order valence-corrected chi connectivity index (χ0v) is 18.6. The maximum atomic E-state index is 13.0. The van der Waals surface area contributed by atoms with Gasteiger partial charge in [-0.15, -0.1) is 0 Å². The van der Waals surface area contributed by atoms with Gasteiger partial charge in [-0.3, -0.25) is 4.79 Å². The average molecular weight is 488 g/mol. The van der Waals surface area contributed by atoms with Crippen molar-refractivity contribution in [2.24, 2.45) is 0 Å². The molecule has 2 aromatic rings. The SMILES string of the molecule is CCN(CC(=O)N1CCc2cc(Br)ccc21)S(=O)(=O)c1ccc(OC)c(Cl)c1. The van der Waals surface area contributed by atoms with E-state index in [2.05, 4.69) is 15.9 Å². The van der Waals surface area contributed by atoms with Gasteiger partial charge in [-0.2, -0.15) is 4.31 Å². The molecule has 1 aliphatic rings. The standard InChI is InChI=1S/C19H20BrClN2O4S/c1-3-22(28(25,26)15-5-7-18(27-2)16(21)11-15)12-19(24)23-9-8-13-10-14(20)4-6-17(13)23/h4-7,10-11H,3,8-9,12H2,1-2H3. The number of sulfonamides is 1. The molecule has 1 aliphatic heterocycles. The van der Waals surface area contributed by atoms with E-state index in [9.17, 15) is 13.2 Å². The summed E-state index contributed by atoms with van der Waals surface area (Å²) in [6, 6.07) is 9.99. The van der Waals surface area contributed by atoms with Crippen LogP contribution in [0.5, 0.6) is 5.75 Å². The molecule has 150 valence electrons. The molecular weight excluding hydrogens is 468 g/mol. The molecule has 3 rings (SSSR count). The summed E-state index contributed by atoms with van der Waals surface area (Å²) in [4.78, 5) is 14.5. The fourth-order valence-electron chi connectivity index (χ4n) is 3.19. The first-order chi connectivity index (χ1) is 13.3. The molecule has 6 nitrogen and oxygen atoms in total. The van der Waals surface area contributed by atoms with E-state index >= 15 is 0 Å². The molecule has 0 unspecified atom stereocenters. The van der Waals surface area contributed by atoms with Crippen molar-refractivity contribution < 1.29 is 17.9 Å². The van der Waals surface area contributed by atoms with Crippen molar-refractivity contribution in [3.8, 4) is 5.75 Å². The molecule has 0 aliphatic carbocycles. The number of hydrogen-bond donors (Lipinski definition) is 0. The van der Waals surface area contributed by atoms with Gasteiger partial charge in [0.15, 0.2) is 0 Å². The lowest BCUT2D eigenvalue weighted by molar-refractivity contribution is -0.118. The number of benzene rings is 2. The Hall–Kier alpha value is -1.61. The highest BCUT2D eigenvalue weighted by molar-refractivity contribution is 9.10. The number of methoxy groups -OCH3 is 1. The molecule has 0 bridgehead atoms. The lowest BCUT2D eigenvalue weighted by Gasteiger charge is -2.24. The number of ether oxygens (including phenoxy) is 1. The van der Waals surface area contributed by atoms with E-state index in [1.807, 2.05) is 18.2 Å². The Morgan fingerprint density at radius 3 is 2.68 bits per heavy atom. The summed E-state index contributed by atoms with van der Waals surface area (Å²) < 4.78 is 33.2. The minimum Gasteiger partial charge on any atom is -0.495 e. The average Bonchev–Trinajstić information content (AvgIpc) is 3.08. The van der Waals surface area contributed by atoms with Crippen LogP contribution in [0.3, 0.4) is 0 Å². The van der Waals surface area contributed by atoms with E-state index in [0.29, 0.717) is 12.3 Å². The van der Waals surface area contributed by atoms with Gasteiger partial charge >= 0.3 is 0 Å². The van der Waals surface area contributed by atoms with Crippen molar-refractivity contribution >= 4 is 49.1 Å². The third-order valence-corrected chi connectivity index (χ3v) is 7.37. The molecule has 0 aromatic heterocycles. The number of likely N-dealkylation sites (N-methyl/N-ethyl adjacent to an activating group) is 1. The first-order valence-corrected chi connectivity index (χ1v) is 11.3. The van der Waals surface area contributed by atoms with Gasteiger partial charge < -0.3 is 9.64 Å². The Balaban J connectivity index is 1.82. The van der Waals surface area contributed by atoms with Crippen LogP contribution >= 0.6 is 27.5 Å². The Morgan fingerprint density at radius 1 is 1.29 bits per heavy atom. The minimum absolute atomic E-state index is 0.0266. The second-order valence-corrected chi connectivity index (χ2v) is 9.56. The van der Waals surface area contributed by atoms with Gasteiger partial charge in [-0.25, -0.2) is 8.42 Å². The molecule has 0 saturated heterocycles. The minimum atomic E-state index is -3.87. The van der Waals surface area contributed by atoms with Crippen molar-refractivity contribution in [1.82, 2.24) is 4.31 Å². The number of anilines is 1. The molecular formula is C19H20BrClN2O4S. The number of nitrogens with zero attached hydrogens (tertiary/aromatic N) is 2. The van der Waals surface area contributed by atoms with E-state index in [1.165, 1.54) is 25.3 Å². The summed E-state index contributed by atoms with van der Waals surface area (Å²) in [5.74, 6) is 0.130. The third kappa shape index (κ3) is 4.05. The normalized spacial score (nSPS) is 13.7. The van der Waals surface area contributed by atoms with Gasteiger partial charge in [0, 0.05) is 23.2 Å². The predicted octanol–water partition coefficient (Wildman–Crippen LogP) is 3.71. The molecule has 0 spiro atoms. The molecule has 0 radical (unpaired) electrons. The van der Waals surface area contributed by atoms with E-state index in [-0.39, 0.29) is 28.9 Å². The summed E-state index contributed by atoms with van der Waals surface area (Å²) >= 11 is 9.51. The summed E-state index contributed by atoms with van der Waals surface area (Å²) in [5.41, 5.74) is 1.89. The van der Waals surface area contributed by atoms with Crippen LogP contribution in [0.1, 0.15) is 12.5 Å². The van der Waals surface area contributed by atoms with Gasteiger partial charge in [-0.05, 0) is 48.4 Å². The highest BCUT2D eigenvalue weighted by Crippen LogP contribution is 2.31. The molecule has 0 saturated carbocycles. The predicted molar refractivity (Wildman–Crippen MR) is 113 cm³/mol. The van der Waals surface area contributed by atoms with Crippen molar-refractivity contribution in [2.75, 3.05) is 31.6 Å². The summed E-state index contributed by atoms with van der Waals surface area (Å²) in [6.45, 7) is 2.17. The molecule has 0 fully saturated rings. The van der Waals surface area contributed by atoms with Gasteiger partial charge in [0.2, 0.25) is 15.9 Å². The third-order valence-electron chi connectivity index (χ3n) is 4.66. The zero-order valence-electron chi connectivity index (χ0n) is 15.5. The Morgan fingerprint density at radius 2 is 2.04 bits per heavy atom. The molecule has 0 atom stereocenters. The van der Waals surface area contributed by atoms with E-state index in [1.54, 1.807) is 11.8 Å². The van der Waals surface area contributed by atoms with Crippen molar-refractivity contribution in [2.45, 2.75) is 18.2 Å². The van der Waals surface area contributed by atoms with Crippen LogP contribution < -0.4 is 9.64 Å². The Bertz CT molecular complexity index is 1010. The molecule has 1 heterocycles. The van der Waals surface area contributed by atoms with Crippen LogP contribution in [0, 0.1) is 0 Å². The van der Waals surface area contributed by atoms with Gasteiger partial charge in [0.25, 0.3) is 0 Å². The van der Waals surface area contributed by atoms with Gasteiger partial charge in [0.05, 0.1) is 23.6 Å². The Labute approximate surface area is 178 Å². The fraction of sp³-hybridized carbons (Fsp3) is 0.316. The second kappa shape index (κ2) is 8.41. The lowest BCUT2D eigenvalue weighted by atomic mass is 10.2. The van der Waals surface area contributed by atoms with Crippen LogP contribution in [-0.4, -0.2) is 45.4 Å². The van der Waals surface area contributed by atoms with Crippen LogP contribution in [0.2, 0.25) is 5.02 Å². The summed E-state index contributed by atoms with van der Waals surface area (Å²) in [7, 11) is -2.41. The zero-order chi connectivity index (χ0) is 20.5. The first-order valence-electron chi connectivity index (χ1n) is 8.70. The van der Waals surface area contributed by atoms with Crippen LogP contribution in [0.25, 0.3) is 0 Å². The van der Waals surface area contributed by atoms with E-state index < -0.39 is 10.0 Å². The topological polar surface area (TPSA) is 66.9 Å². The molecule has 28 heavy (non-hydrogen) atoms. The van der Waals surface area contributed by atoms with E-state index in [4.69, 9.17) is 16.3 Å². The van der Waals surface area contributed by atoms with Crippen molar-refractivity contribution in [1.29, 1.82) is 0 Å². The largest absolute Gasteiger partial charge is 0.495 e. The summed E-state index contributed by atoms with van der Waals surface area (Å²) in [6.07, 6.45) is 0.744. The smallest absolute Gasteiger partial charge is 0.243 e. The van der Waals surface area contributed by atoms with Crippen LogP contribution in [-0.2, 0) is 21.2 Å². The van der Waals surface area contributed by atoms with Gasteiger partial charge in [0.1, 0.15) is 5.75 Å². The first kappa shape index (κ1) is 21.1. The van der Waals surface area contributed by atoms with Gasteiger partial charge in [-0.1, -0.05) is 34.5 Å². The number of amides is 1. The van der Waals surface area contributed by atoms with Crippen LogP contribution in [0.15, 0.2) is 45.8 Å². The summed E-state index contributed by atoms with van der Waals surface area (Å²) in [5, 5.41) is 0.199. The number of carbonyl (C=O) groups is 1. The van der Waals surface area contributed by atoms with Crippen molar-refractivity contribution in [3.05, 3.63) is 51.5 Å². The molecule has 9 heteroatoms. The Kier molecular flexibility index (Phi) is 6.34. The number of carbonyl (C=O) groups excluding carboxylic acids is 1. The van der Waals surface area contributed by atoms with Crippen LogP contribution in [0.4, 0.5) is 5.69 Å². The maximum Gasteiger partial charge on any atom is 0.243 e. The highest BCUT2D eigenvalue weighted by Gasteiger charge is 2.30. The second-order valence-electron chi connectivity index (χ2n) is 6.30. The van der Waals surface area contributed by atoms with E-state index in [0.717, 1.165) is 26.4 Å². The number of hydrogen-bond acceptors (Lipinski definition) is 4. The number of rotatable bonds is 6. The lowest BCUT2D eigenvalue weighted by Crippen LogP contribution is -2.42. The number of fused-ring (bicyclic) bond motifs is 1.